The Morgan fingerprint density at radius 2 is 1.19 bits per heavy atom. The third kappa shape index (κ3) is 4.05. The summed E-state index contributed by atoms with van der Waals surface area (Å²) in [6.45, 7) is 3.97. The standard InChI is InChI=1S/C24H26N2O/c1-27-23-15-9-8-14-22(23)24-25(18-20-10-4-2-5-11-20)16-17-26(24)19-21-12-6-3-7-13-21/h2-15,24H,16-19H2,1H3. The zero-order valence-electron chi connectivity index (χ0n) is 15.8. The maximum Gasteiger partial charge on any atom is 0.124 e. The van der Waals surface area contributed by atoms with Crippen molar-refractivity contribution in [2.45, 2.75) is 19.3 Å². The summed E-state index contributed by atoms with van der Waals surface area (Å²) in [6.07, 6.45) is 0.210. The molecule has 0 saturated carbocycles. The highest BCUT2D eigenvalue weighted by atomic mass is 16.5. The van der Waals surface area contributed by atoms with Crippen molar-refractivity contribution in [3.05, 3.63) is 102 Å². The molecule has 3 aromatic rings. The molecule has 27 heavy (non-hydrogen) atoms. The molecular weight excluding hydrogens is 332 g/mol. The molecule has 3 heteroatoms. The van der Waals surface area contributed by atoms with Crippen LogP contribution in [0.15, 0.2) is 84.9 Å². The van der Waals surface area contributed by atoms with Crippen LogP contribution in [0.5, 0.6) is 5.75 Å². The van der Waals surface area contributed by atoms with E-state index in [1.807, 2.05) is 6.07 Å². The molecule has 3 nitrogen and oxygen atoms in total. The van der Waals surface area contributed by atoms with Crippen molar-refractivity contribution < 1.29 is 4.74 Å². The molecule has 1 saturated heterocycles. The van der Waals surface area contributed by atoms with Crippen LogP contribution in [0, 0.1) is 0 Å². The van der Waals surface area contributed by atoms with Crippen LogP contribution < -0.4 is 4.74 Å². The van der Waals surface area contributed by atoms with Crippen molar-refractivity contribution in [2.75, 3.05) is 20.2 Å². The maximum atomic E-state index is 5.70. The summed E-state index contributed by atoms with van der Waals surface area (Å²) in [5.74, 6) is 0.959. The van der Waals surface area contributed by atoms with Gasteiger partial charge in [0.2, 0.25) is 0 Å². The van der Waals surface area contributed by atoms with Crippen molar-refractivity contribution in [3.63, 3.8) is 0 Å². The van der Waals surface area contributed by atoms with Crippen LogP contribution in [0.4, 0.5) is 0 Å². The van der Waals surface area contributed by atoms with Crippen LogP contribution in [0.2, 0.25) is 0 Å². The first kappa shape index (κ1) is 17.8. The van der Waals surface area contributed by atoms with Crippen molar-refractivity contribution >= 4 is 0 Å². The number of para-hydroxylation sites is 1. The summed E-state index contributed by atoms with van der Waals surface area (Å²) in [5.41, 5.74) is 3.93. The average Bonchev–Trinajstić information content (AvgIpc) is 3.11. The third-order valence-electron chi connectivity index (χ3n) is 5.24. The molecule has 0 bridgehead atoms. The molecule has 0 amide bonds. The second-order valence-corrected chi connectivity index (χ2v) is 7.03. The maximum absolute atomic E-state index is 5.70. The van der Waals surface area contributed by atoms with Gasteiger partial charge in [-0.05, 0) is 17.2 Å². The van der Waals surface area contributed by atoms with Crippen molar-refractivity contribution in [1.82, 2.24) is 9.80 Å². The molecule has 0 unspecified atom stereocenters. The Balaban J connectivity index is 1.65. The van der Waals surface area contributed by atoms with Gasteiger partial charge < -0.3 is 4.74 Å². The Morgan fingerprint density at radius 1 is 0.704 bits per heavy atom. The summed E-state index contributed by atoms with van der Waals surface area (Å²) in [6, 6.07) is 29.9. The minimum atomic E-state index is 0.210. The van der Waals surface area contributed by atoms with E-state index in [-0.39, 0.29) is 6.17 Å². The largest absolute Gasteiger partial charge is 0.496 e. The van der Waals surface area contributed by atoms with E-state index in [9.17, 15) is 0 Å². The zero-order valence-corrected chi connectivity index (χ0v) is 15.8. The number of benzene rings is 3. The summed E-state index contributed by atoms with van der Waals surface area (Å²) < 4.78 is 5.70. The molecular formula is C24H26N2O. The zero-order chi connectivity index (χ0) is 18.5. The van der Waals surface area contributed by atoms with Gasteiger partial charge in [0.1, 0.15) is 5.75 Å². The van der Waals surface area contributed by atoms with Gasteiger partial charge in [0.15, 0.2) is 0 Å². The normalized spacial score (nSPS) is 15.9. The van der Waals surface area contributed by atoms with Gasteiger partial charge in [0.05, 0.1) is 13.3 Å². The van der Waals surface area contributed by atoms with Gasteiger partial charge in [-0.1, -0.05) is 78.9 Å². The molecule has 1 heterocycles. The molecule has 138 valence electrons. The average molecular weight is 358 g/mol. The summed E-state index contributed by atoms with van der Waals surface area (Å²) in [4.78, 5) is 5.10. The molecule has 1 aliphatic heterocycles. The molecule has 0 aliphatic carbocycles. The van der Waals surface area contributed by atoms with Crippen LogP contribution >= 0.6 is 0 Å². The van der Waals surface area contributed by atoms with Crippen molar-refractivity contribution in [2.24, 2.45) is 0 Å². The summed E-state index contributed by atoms with van der Waals surface area (Å²) >= 11 is 0. The molecule has 1 aliphatic rings. The Hall–Kier alpha value is -2.62. The van der Waals surface area contributed by atoms with E-state index in [4.69, 9.17) is 4.74 Å². The lowest BCUT2D eigenvalue weighted by atomic mass is 10.1. The predicted molar refractivity (Wildman–Crippen MR) is 109 cm³/mol. The smallest absolute Gasteiger partial charge is 0.124 e. The second kappa shape index (κ2) is 8.38. The van der Waals surface area contributed by atoms with E-state index in [1.165, 1.54) is 16.7 Å². The van der Waals surface area contributed by atoms with Crippen molar-refractivity contribution in [3.8, 4) is 5.75 Å². The van der Waals surface area contributed by atoms with Crippen molar-refractivity contribution in [1.29, 1.82) is 0 Å². The highest BCUT2D eigenvalue weighted by molar-refractivity contribution is 5.36. The highest BCUT2D eigenvalue weighted by Gasteiger charge is 2.34. The van der Waals surface area contributed by atoms with E-state index < -0.39 is 0 Å². The molecule has 0 atom stereocenters. The lowest BCUT2D eigenvalue weighted by Gasteiger charge is -2.32. The van der Waals surface area contributed by atoms with E-state index in [2.05, 4.69) is 88.7 Å². The third-order valence-corrected chi connectivity index (χ3v) is 5.24. The number of ether oxygens (including phenoxy) is 1. The van der Waals surface area contributed by atoms with Gasteiger partial charge in [-0.15, -0.1) is 0 Å². The molecule has 0 N–H and O–H groups in total. The van der Waals surface area contributed by atoms with Crippen LogP contribution in [0.3, 0.4) is 0 Å². The first-order valence-electron chi connectivity index (χ1n) is 9.54. The Kier molecular flexibility index (Phi) is 5.52. The van der Waals surface area contributed by atoms with Crippen LogP contribution in [0.25, 0.3) is 0 Å². The predicted octanol–water partition coefficient (Wildman–Crippen LogP) is 4.71. The van der Waals surface area contributed by atoms with Crippen LogP contribution in [-0.2, 0) is 13.1 Å². The van der Waals surface area contributed by atoms with Gasteiger partial charge in [-0.25, -0.2) is 0 Å². The minimum absolute atomic E-state index is 0.210. The SMILES string of the molecule is COc1ccccc1C1N(Cc2ccccc2)CCN1Cc1ccccc1. The van der Waals surface area contributed by atoms with Gasteiger partial charge in [0, 0.05) is 31.7 Å². The van der Waals surface area contributed by atoms with E-state index >= 15 is 0 Å². The number of hydrogen-bond acceptors (Lipinski definition) is 3. The highest BCUT2D eigenvalue weighted by Crippen LogP contribution is 2.37. The quantitative estimate of drug-likeness (QED) is 0.634. The fourth-order valence-electron chi connectivity index (χ4n) is 3.97. The lowest BCUT2D eigenvalue weighted by molar-refractivity contribution is 0.123. The Labute approximate surface area is 161 Å². The minimum Gasteiger partial charge on any atom is -0.496 e. The second-order valence-electron chi connectivity index (χ2n) is 7.03. The molecule has 0 radical (unpaired) electrons. The monoisotopic (exact) mass is 358 g/mol. The summed E-state index contributed by atoms with van der Waals surface area (Å²) in [5, 5.41) is 0. The first-order chi connectivity index (χ1) is 13.3. The fourth-order valence-corrected chi connectivity index (χ4v) is 3.97. The molecule has 0 spiro atoms. The van der Waals surface area contributed by atoms with Gasteiger partial charge in [-0.3, -0.25) is 9.80 Å². The molecule has 0 aromatic heterocycles. The lowest BCUT2D eigenvalue weighted by Crippen LogP contribution is -2.30. The Morgan fingerprint density at radius 3 is 1.70 bits per heavy atom. The number of methoxy groups -OCH3 is 1. The van der Waals surface area contributed by atoms with Crippen LogP contribution in [0.1, 0.15) is 22.9 Å². The molecule has 3 aromatic carbocycles. The van der Waals surface area contributed by atoms with E-state index in [1.54, 1.807) is 7.11 Å². The number of nitrogens with zero attached hydrogens (tertiary/aromatic N) is 2. The topological polar surface area (TPSA) is 15.7 Å². The molecule has 4 rings (SSSR count). The molecule has 1 fully saturated rings. The van der Waals surface area contributed by atoms with Gasteiger partial charge in [-0.2, -0.15) is 0 Å². The number of rotatable bonds is 6. The van der Waals surface area contributed by atoms with Gasteiger partial charge >= 0.3 is 0 Å². The van der Waals surface area contributed by atoms with Gasteiger partial charge in [0.25, 0.3) is 0 Å². The summed E-state index contributed by atoms with van der Waals surface area (Å²) in [7, 11) is 1.76. The number of hydrogen-bond donors (Lipinski definition) is 0. The van der Waals surface area contributed by atoms with E-state index in [0.717, 1.165) is 31.9 Å². The van der Waals surface area contributed by atoms with E-state index in [0.29, 0.717) is 0 Å². The Bertz CT molecular complexity index is 801. The first-order valence-corrected chi connectivity index (χ1v) is 9.54. The fraction of sp³-hybridized carbons (Fsp3) is 0.250. The van der Waals surface area contributed by atoms with Crippen LogP contribution in [-0.4, -0.2) is 30.0 Å².